The van der Waals surface area contributed by atoms with Crippen LogP contribution in [0.25, 0.3) is 4.85 Å². The Morgan fingerprint density at radius 1 is 1.36 bits per heavy atom. The van der Waals surface area contributed by atoms with Crippen molar-refractivity contribution >= 4 is 27.3 Å². The predicted molar refractivity (Wildman–Crippen MR) is 90.6 cm³/mol. The highest BCUT2D eigenvalue weighted by Gasteiger charge is 2.26. The van der Waals surface area contributed by atoms with E-state index in [9.17, 15) is 0 Å². The van der Waals surface area contributed by atoms with Crippen molar-refractivity contribution in [3.8, 4) is 5.88 Å². The lowest BCUT2D eigenvalue weighted by atomic mass is 10.2. The van der Waals surface area contributed by atoms with Crippen LogP contribution in [-0.4, -0.2) is 24.2 Å². The summed E-state index contributed by atoms with van der Waals surface area (Å²) in [4.78, 5) is 10.1. The van der Waals surface area contributed by atoms with Crippen LogP contribution in [0, 0.1) is 13.5 Å². The fourth-order valence-electron chi connectivity index (χ4n) is 2.59. The summed E-state index contributed by atoms with van der Waals surface area (Å²) in [6, 6.07) is 9.73. The maximum Gasteiger partial charge on any atom is 0.213 e. The summed E-state index contributed by atoms with van der Waals surface area (Å²) in [6.07, 6.45) is 2.86. The van der Waals surface area contributed by atoms with E-state index in [0.29, 0.717) is 11.6 Å². The first-order valence-corrected chi connectivity index (χ1v) is 7.96. The highest BCUT2D eigenvalue weighted by Crippen LogP contribution is 2.34. The van der Waals surface area contributed by atoms with E-state index in [0.717, 1.165) is 35.2 Å². The summed E-state index contributed by atoms with van der Waals surface area (Å²) >= 11 is 3.41. The molecule has 22 heavy (non-hydrogen) atoms. The Bertz CT molecular complexity index is 709. The Kier molecular flexibility index (Phi) is 4.30. The summed E-state index contributed by atoms with van der Waals surface area (Å²) in [5.74, 6) is 0.665. The number of hydrogen-bond acceptors (Lipinski definition) is 3. The third-order valence-corrected chi connectivity index (χ3v) is 4.21. The number of aryl methyl sites for hydroxylation is 1. The second kappa shape index (κ2) is 6.37. The number of aromatic nitrogens is 1. The van der Waals surface area contributed by atoms with E-state index in [1.54, 1.807) is 0 Å². The number of benzene rings is 1. The topological polar surface area (TPSA) is 29.7 Å². The maximum atomic E-state index is 7.33. The van der Waals surface area contributed by atoms with Crippen molar-refractivity contribution in [2.75, 3.05) is 18.0 Å². The highest BCUT2D eigenvalue weighted by molar-refractivity contribution is 9.10. The molecule has 1 aliphatic rings. The molecule has 0 bridgehead atoms. The molecule has 0 aliphatic carbocycles. The quantitative estimate of drug-likeness (QED) is 0.764. The molecular formula is C17H16BrN3O. The van der Waals surface area contributed by atoms with Gasteiger partial charge in [-0.2, -0.15) is 0 Å². The summed E-state index contributed by atoms with van der Waals surface area (Å²) in [5, 5.41) is 0. The molecule has 5 heteroatoms. The van der Waals surface area contributed by atoms with Gasteiger partial charge in [0, 0.05) is 35.4 Å². The number of ether oxygens (including phenoxy) is 1. The zero-order valence-electron chi connectivity index (χ0n) is 12.3. The van der Waals surface area contributed by atoms with Crippen molar-refractivity contribution in [1.82, 2.24) is 4.98 Å². The lowest BCUT2D eigenvalue weighted by Crippen LogP contribution is -2.24. The number of hydrogen-bond donors (Lipinski definition) is 0. The van der Waals surface area contributed by atoms with E-state index < -0.39 is 0 Å². The zero-order chi connectivity index (χ0) is 15.5. The van der Waals surface area contributed by atoms with Crippen molar-refractivity contribution < 1.29 is 4.74 Å². The molecule has 0 amide bonds. The second-order valence-electron chi connectivity index (χ2n) is 5.39. The van der Waals surface area contributed by atoms with E-state index in [-0.39, 0.29) is 6.10 Å². The third-order valence-electron chi connectivity index (χ3n) is 3.72. The minimum Gasteiger partial charge on any atom is -0.472 e. The first-order chi connectivity index (χ1) is 10.7. The molecule has 0 spiro atoms. The molecule has 1 aromatic carbocycles. The van der Waals surface area contributed by atoms with E-state index in [4.69, 9.17) is 11.3 Å². The Morgan fingerprint density at radius 2 is 2.23 bits per heavy atom. The molecule has 1 fully saturated rings. The summed E-state index contributed by atoms with van der Waals surface area (Å²) in [6.45, 7) is 11.0. The van der Waals surface area contributed by atoms with Crippen LogP contribution in [0.1, 0.15) is 12.0 Å². The molecule has 112 valence electrons. The predicted octanol–water partition coefficient (Wildman–Crippen LogP) is 4.36. The lowest BCUT2D eigenvalue weighted by molar-refractivity contribution is 0.216. The lowest BCUT2D eigenvalue weighted by Gasteiger charge is -2.20. The van der Waals surface area contributed by atoms with Gasteiger partial charge in [-0.1, -0.05) is 22.0 Å². The molecule has 3 rings (SSSR count). The smallest absolute Gasteiger partial charge is 0.213 e. The second-order valence-corrected chi connectivity index (χ2v) is 6.31. The van der Waals surface area contributed by atoms with Crippen molar-refractivity contribution in [2.24, 2.45) is 0 Å². The van der Waals surface area contributed by atoms with Crippen LogP contribution < -0.4 is 9.64 Å². The average Bonchev–Trinajstić information content (AvgIpc) is 2.97. The first-order valence-electron chi connectivity index (χ1n) is 7.17. The van der Waals surface area contributed by atoms with Crippen LogP contribution in [0.4, 0.5) is 11.4 Å². The van der Waals surface area contributed by atoms with Crippen molar-refractivity contribution in [1.29, 1.82) is 0 Å². The van der Waals surface area contributed by atoms with E-state index in [1.165, 1.54) is 0 Å². The van der Waals surface area contributed by atoms with Gasteiger partial charge in [-0.3, -0.25) is 0 Å². The van der Waals surface area contributed by atoms with Crippen molar-refractivity contribution in [2.45, 2.75) is 19.4 Å². The fraction of sp³-hybridized carbons (Fsp3) is 0.294. The zero-order valence-corrected chi connectivity index (χ0v) is 13.9. The minimum atomic E-state index is 0.109. The molecule has 2 heterocycles. The van der Waals surface area contributed by atoms with Crippen LogP contribution >= 0.6 is 15.9 Å². The molecule has 1 aliphatic heterocycles. The maximum absolute atomic E-state index is 7.33. The summed E-state index contributed by atoms with van der Waals surface area (Å²) in [5.41, 5.74) is 2.77. The number of pyridine rings is 1. The van der Waals surface area contributed by atoms with Crippen LogP contribution in [0.3, 0.4) is 0 Å². The molecule has 0 saturated carbocycles. The van der Waals surface area contributed by atoms with Crippen molar-refractivity contribution in [3.63, 3.8) is 0 Å². The van der Waals surface area contributed by atoms with Gasteiger partial charge in [0.2, 0.25) is 11.6 Å². The van der Waals surface area contributed by atoms with Crippen LogP contribution in [0.2, 0.25) is 0 Å². The Hall–Kier alpha value is -2.06. The highest BCUT2D eigenvalue weighted by atomic mass is 79.9. The van der Waals surface area contributed by atoms with Gasteiger partial charge in [0.25, 0.3) is 0 Å². The number of anilines is 1. The van der Waals surface area contributed by atoms with E-state index in [1.807, 2.05) is 43.5 Å². The Balaban J connectivity index is 1.70. The van der Waals surface area contributed by atoms with Gasteiger partial charge in [0.15, 0.2) is 0 Å². The number of nitrogens with zero attached hydrogens (tertiary/aromatic N) is 3. The largest absolute Gasteiger partial charge is 0.472 e. The normalized spacial score (nSPS) is 17.3. The van der Waals surface area contributed by atoms with Gasteiger partial charge >= 0.3 is 0 Å². The molecule has 4 nitrogen and oxygen atoms in total. The van der Waals surface area contributed by atoms with E-state index >= 15 is 0 Å². The van der Waals surface area contributed by atoms with Gasteiger partial charge in [0.1, 0.15) is 6.10 Å². The summed E-state index contributed by atoms with van der Waals surface area (Å²) < 4.78 is 6.87. The standard InChI is InChI=1S/C17H16BrN3O/c1-12-3-6-17(20-10-12)22-14-7-8-21(11-14)16-5-4-13(18)9-15(16)19-2/h3-6,9-10,14H,7-8,11H2,1H3/t14-/m1/s1. The average molecular weight is 358 g/mol. The molecule has 2 aromatic rings. The molecule has 0 unspecified atom stereocenters. The molecule has 1 saturated heterocycles. The molecule has 0 N–H and O–H groups in total. The van der Waals surface area contributed by atoms with Gasteiger partial charge < -0.3 is 9.64 Å². The van der Waals surface area contributed by atoms with Gasteiger partial charge in [-0.05, 0) is 30.7 Å². The molecular weight excluding hydrogens is 342 g/mol. The minimum absolute atomic E-state index is 0.109. The van der Waals surface area contributed by atoms with Gasteiger partial charge in [0.05, 0.1) is 13.1 Å². The first kappa shape index (κ1) is 14.9. The third kappa shape index (κ3) is 3.23. The van der Waals surface area contributed by atoms with Crippen LogP contribution in [-0.2, 0) is 0 Å². The summed E-state index contributed by atoms with van der Waals surface area (Å²) in [7, 11) is 0. The van der Waals surface area contributed by atoms with Crippen LogP contribution in [0.15, 0.2) is 41.0 Å². The number of halogens is 1. The van der Waals surface area contributed by atoms with E-state index in [2.05, 4.69) is 30.7 Å². The van der Waals surface area contributed by atoms with Gasteiger partial charge in [-0.15, -0.1) is 0 Å². The molecule has 1 atom stereocenters. The Labute approximate surface area is 138 Å². The van der Waals surface area contributed by atoms with Gasteiger partial charge in [-0.25, -0.2) is 9.83 Å². The molecule has 1 aromatic heterocycles. The van der Waals surface area contributed by atoms with Crippen LogP contribution in [0.5, 0.6) is 5.88 Å². The molecule has 0 radical (unpaired) electrons. The number of rotatable bonds is 3. The Morgan fingerprint density at radius 3 is 2.95 bits per heavy atom. The van der Waals surface area contributed by atoms with Crippen molar-refractivity contribution in [3.05, 3.63) is 58.0 Å². The fourth-order valence-corrected chi connectivity index (χ4v) is 2.94. The monoisotopic (exact) mass is 357 g/mol. The SMILES string of the molecule is [C-]#[N+]c1cc(Br)ccc1N1CC[C@@H](Oc2ccc(C)cn2)C1.